The van der Waals surface area contributed by atoms with Crippen LogP contribution in [-0.4, -0.2) is 59.6 Å². The van der Waals surface area contributed by atoms with Gasteiger partial charge in [0.25, 0.3) is 5.91 Å². The summed E-state index contributed by atoms with van der Waals surface area (Å²) in [6.45, 7) is 6.25. The van der Waals surface area contributed by atoms with Crippen LogP contribution in [0.4, 0.5) is 5.69 Å². The Labute approximate surface area is 185 Å². The first-order valence-electron chi connectivity index (χ1n) is 9.43. The highest BCUT2D eigenvalue weighted by Crippen LogP contribution is 2.23. The molecule has 1 aromatic carbocycles. The van der Waals surface area contributed by atoms with Crippen LogP contribution < -0.4 is 5.32 Å². The maximum atomic E-state index is 12.9. The number of nitrogens with zero attached hydrogens (tertiary/aromatic N) is 3. The Morgan fingerprint density at radius 2 is 1.90 bits per heavy atom. The average Bonchev–Trinajstić information content (AvgIpc) is 2.69. The summed E-state index contributed by atoms with van der Waals surface area (Å²) in [5.41, 5.74) is 0.498. The van der Waals surface area contributed by atoms with E-state index in [0.717, 1.165) is 5.75 Å². The maximum Gasteiger partial charge on any atom is 0.275 e. The number of morpholine rings is 1. The molecule has 2 aromatic rings. The Morgan fingerprint density at radius 1 is 1.27 bits per heavy atom. The predicted molar refractivity (Wildman–Crippen MR) is 117 cm³/mol. The van der Waals surface area contributed by atoms with Gasteiger partial charge in [-0.1, -0.05) is 30.3 Å². The van der Waals surface area contributed by atoms with Crippen LogP contribution in [0.3, 0.4) is 0 Å². The van der Waals surface area contributed by atoms with E-state index in [4.69, 9.17) is 16.3 Å². The van der Waals surface area contributed by atoms with E-state index in [2.05, 4.69) is 15.3 Å². The van der Waals surface area contributed by atoms with E-state index in [1.54, 1.807) is 0 Å². The standard InChI is InChI=1S/C19H23ClN4O4S2/c1-4-29-19-21-9-16(20)17(23-19)18(25)22-14-5-7-15(8-6-14)30(26,27)24-10-12(2)28-13(3)11-24/h5-9,12-13H,4,10-11H2,1-3H3,(H,22,25)/t12-,13-/m1/s1. The van der Waals surface area contributed by atoms with Gasteiger partial charge < -0.3 is 10.1 Å². The summed E-state index contributed by atoms with van der Waals surface area (Å²) < 4.78 is 32.9. The normalized spacial score (nSPS) is 20.1. The van der Waals surface area contributed by atoms with E-state index in [-0.39, 0.29) is 27.8 Å². The minimum atomic E-state index is -3.65. The SMILES string of the molecule is CCSc1ncc(Cl)c(C(=O)Nc2ccc(S(=O)(=O)N3C[C@@H](C)O[C@H](C)C3)cc2)n1. The number of ether oxygens (including phenoxy) is 1. The van der Waals surface area contributed by atoms with Crippen molar-refractivity contribution in [3.63, 3.8) is 0 Å². The van der Waals surface area contributed by atoms with Gasteiger partial charge in [0.1, 0.15) is 0 Å². The number of hydrogen-bond acceptors (Lipinski definition) is 7. The van der Waals surface area contributed by atoms with Crippen molar-refractivity contribution in [3.8, 4) is 0 Å². The molecular weight excluding hydrogens is 448 g/mol. The van der Waals surface area contributed by atoms with Gasteiger partial charge in [-0.05, 0) is 43.9 Å². The Bertz CT molecular complexity index is 1010. The number of carbonyl (C=O) groups excluding carboxylic acids is 1. The molecule has 2 atom stereocenters. The van der Waals surface area contributed by atoms with Gasteiger partial charge in [0.05, 0.1) is 28.3 Å². The first kappa shape index (κ1) is 23.0. The van der Waals surface area contributed by atoms with Crippen molar-refractivity contribution < 1.29 is 17.9 Å². The molecule has 0 aliphatic carbocycles. The number of hydrogen-bond donors (Lipinski definition) is 1. The fourth-order valence-electron chi connectivity index (χ4n) is 3.09. The number of nitrogens with one attached hydrogen (secondary N) is 1. The Balaban J connectivity index is 1.74. The van der Waals surface area contributed by atoms with E-state index in [9.17, 15) is 13.2 Å². The summed E-state index contributed by atoms with van der Waals surface area (Å²) >= 11 is 7.46. The van der Waals surface area contributed by atoms with Gasteiger partial charge >= 0.3 is 0 Å². The number of sulfonamides is 1. The van der Waals surface area contributed by atoms with E-state index in [1.165, 1.54) is 46.5 Å². The van der Waals surface area contributed by atoms with Crippen molar-refractivity contribution >= 4 is 45.0 Å². The van der Waals surface area contributed by atoms with Crippen LogP contribution >= 0.6 is 23.4 Å². The van der Waals surface area contributed by atoms with Crippen LogP contribution in [0.5, 0.6) is 0 Å². The third-order valence-electron chi connectivity index (χ3n) is 4.35. The summed E-state index contributed by atoms with van der Waals surface area (Å²) in [6.07, 6.45) is 1.05. The molecule has 1 aliphatic rings. The molecule has 1 fully saturated rings. The molecule has 1 saturated heterocycles. The van der Waals surface area contributed by atoms with Gasteiger partial charge in [0, 0.05) is 18.8 Å². The molecule has 0 saturated carbocycles. The maximum absolute atomic E-state index is 12.9. The zero-order valence-corrected chi connectivity index (χ0v) is 19.2. The second kappa shape index (κ2) is 9.61. The number of aromatic nitrogens is 2. The third kappa shape index (κ3) is 5.30. The molecule has 8 nitrogen and oxygen atoms in total. The monoisotopic (exact) mass is 470 g/mol. The quantitative estimate of drug-likeness (QED) is 0.510. The summed E-state index contributed by atoms with van der Waals surface area (Å²) in [7, 11) is -3.65. The molecule has 0 bridgehead atoms. The molecule has 3 rings (SSSR count). The van der Waals surface area contributed by atoms with Crippen molar-refractivity contribution in [1.29, 1.82) is 0 Å². The lowest BCUT2D eigenvalue weighted by atomic mass is 10.3. The van der Waals surface area contributed by atoms with Gasteiger partial charge in [-0.15, -0.1) is 0 Å². The van der Waals surface area contributed by atoms with Gasteiger partial charge in [0.15, 0.2) is 10.9 Å². The third-order valence-corrected chi connectivity index (χ3v) is 7.21. The zero-order valence-electron chi connectivity index (χ0n) is 16.8. The lowest BCUT2D eigenvalue weighted by Crippen LogP contribution is -2.48. The number of anilines is 1. The number of carbonyl (C=O) groups is 1. The van der Waals surface area contributed by atoms with Crippen molar-refractivity contribution in [2.75, 3.05) is 24.2 Å². The Kier molecular flexibility index (Phi) is 7.35. The van der Waals surface area contributed by atoms with Gasteiger partial charge in [0.2, 0.25) is 10.0 Å². The minimum absolute atomic E-state index is 0.0654. The van der Waals surface area contributed by atoms with Crippen LogP contribution in [0, 0.1) is 0 Å². The molecule has 162 valence electrons. The zero-order chi connectivity index (χ0) is 21.9. The molecule has 0 spiro atoms. The van der Waals surface area contributed by atoms with Crippen LogP contribution in [0.25, 0.3) is 0 Å². The lowest BCUT2D eigenvalue weighted by molar-refractivity contribution is -0.0440. The molecule has 30 heavy (non-hydrogen) atoms. The van der Waals surface area contributed by atoms with Crippen molar-refractivity contribution in [3.05, 3.63) is 41.2 Å². The highest BCUT2D eigenvalue weighted by atomic mass is 35.5. The molecule has 1 aromatic heterocycles. The lowest BCUT2D eigenvalue weighted by Gasteiger charge is -2.34. The van der Waals surface area contributed by atoms with Crippen LogP contribution in [0.15, 0.2) is 40.5 Å². The highest BCUT2D eigenvalue weighted by Gasteiger charge is 2.32. The fourth-order valence-corrected chi connectivity index (χ4v) is 5.39. The number of halogens is 1. The summed E-state index contributed by atoms with van der Waals surface area (Å²) in [4.78, 5) is 21.0. The number of benzene rings is 1. The number of thioether (sulfide) groups is 1. The van der Waals surface area contributed by atoms with Crippen LogP contribution in [0.1, 0.15) is 31.3 Å². The molecule has 0 unspecified atom stereocenters. The van der Waals surface area contributed by atoms with Gasteiger partial charge in [-0.25, -0.2) is 18.4 Å². The minimum Gasteiger partial charge on any atom is -0.373 e. The topological polar surface area (TPSA) is 101 Å². The van der Waals surface area contributed by atoms with Gasteiger partial charge in [-0.3, -0.25) is 4.79 Å². The number of rotatable bonds is 6. The van der Waals surface area contributed by atoms with Gasteiger partial charge in [-0.2, -0.15) is 4.31 Å². The van der Waals surface area contributed by atoms with Crippen LogP contribution in [-0.2, 0) is 14.8 Å². The fraction of sp³-hybridized carbons (Fsp3) is 0.421. The highest BCUT2D eigenvalue weighted by molar-refractivity contribution is 7.99. The van der Waals surface area contributed by atoms with Crippen molar-refractivity contribution in [2.24, 2.45) is 0 Å². The molecule has 1 aliphatic heterocycles. The molecule has 1 amide bonds. The molecule has 1 N–H and O–H groups in total. The second-order valence-corrected chi connectivity index (χ2v) is 10.4. The first-order valence-corrected chi connectivity index (χ1v) is 12.2. The summed E-state index contributed by atoms with van der Waals surface area (Å²) in [5, 5.41) is 3.29. The molecule has 2 heterocycles. The Hall–Kier alpha value is -1.72. The van der Waals surface area contributed by atoms with Crippen LogP contribution in [0.2, 0.25) is 5.02 Å². The summed E-state index contributed by atoms with van der Waals surface area (Å²) in [5.74, 6) is 0.270. The smallest absolute Gasteiger partial charge is 0.275 e. The van der Waals surface area contributed by atoms with Crippen molar-refractivity contribution in [2.45, 2.75) is 43.0 Å². The van der Waals surface area contributed by atoms with E-state index in [0.29, 0.717) is 23.9 Å². The first-order chi connectivity index (χ1) is 14.2. The van der Waals surface area contributed by atoms with E-state index in [1.807, 2.05) is 20.8 Å². The van der Waals surface area contributed by atoms with E-state index < -0.39 is 15.9 Å². The molecular formula is C19H23ClN4O4S2. The molecule has 0 radical (unpaired) electrons. The average molecular weight is 471 g/mol. The molecule has 11 heteroatoms. The number of amides is 1. The van der Waals surface area contributed by atoms with Crippen molar-refractivity contribution in [1.82, 2.24) is 14.3 Å². The predicted octanol–water partition coefficient (Wildman–Crippen LogP) is 3.29. The largest absolute Gasteiger partial charge is 0.373 e. The second-order valence-electron chi connectivity index (χ2n) is 6.84. The summed E-state index contributed by atoms with van der Waals surface area (Å²) in [6, 6.07) is 6.01. The Morgan fingerprint density at radius 3 is 2.50 bits per heavy atom. The van der Waals surface area contributed by atoms with E-state index >= 15 is 0 Å².